The molecule has 0 aromatic carbocycles. The third-order valence-electron chi connectivity index (χ3n) is 3.68. The lowest BCUT2D eigenvalue weighted by Gasteiger charge is -2.30. The van der Waals surface area contributed by atoms with Crippen molar-refractivity contribution >= 4 is 11.6 Å². The van der Waals surface area contributed by atoms with Gasteiger partial charge < -0.3 is 5.11 Å². The van der Waals surface area contributed by atoms with Crippen molar-refractivity contribution in [3.8, 4) is 0 Å². The Balaban J connectivity index is 2.15. The van der Waals surface area contributed by atoms with Crippen LogP contribution >= 0.6 is 0 Å². The molecule has 0 saturated heterocycles. The number of rotatable bonds is 5. The number of hydrogen-bond donors (Lipinski definition) is 1. The van der Waals surface area contributed by atoms with Crippen molar-refractivity contribution in [3.05, 3.63) is 17.5 Å². The van der Waals surface area contributed by atoms with Crippen LogP contribution in [0.4, 0.5) is 30.7 Å². The zero-order valence-corrected chi connectivity index (χ0v) is 13.1. The maximum absolute atomic E-state index is 13.0. The number of alkyl halides is 7. The summed E-state index contributed by atoms with van der Waals surface area (Å²) in [6.07, 6.45) is -13.4. The highest BCUT2D eigenvalue weighted by molar-refractivity contribution is 5.92. The molecule has 0 bridgehead atoms. The third-order valence-corrected chi connectivity index (χ3v) is 3.68. The van der Waals surface area contributed by atoms with Gasteiger partial charge in [-0.1, -0.05) is 0 Å². The summed E-state index contributed by atoms with van der Waals surface area (Å²) >= 11 is 0. The van der Waals surface area contributed by atoms with Gasteiger partial charge in [-0.3, -0.25) is 9.48 Å². The van der Waals surface area contributed by atoms with E-state index in [2.05, 4.69) is 10.2 Å². The normalized spacial score (nSPS) is 21.0. The number of hydrazone groups is 1. The van der Waals surface area contributed by atoms with E-state index >= 15 is 0 Å². The third kappa shape index (κ3) is 3.81. The van der Waals surface area contributed by atoms with Gasteiger partial charge in [-0.2, -0.15) is 28.4 Å². The minimum atomic E-state index is -4.71. The van der Waals surface area contributed by atoms with Crippen LogP contribution in [0.3, 0.4) is 0 Å². The van der Waals surface area contributed by atoms with Crippen LogP contribution in [-0.4, -0.2) is 50.1 Å². The molecule has 1 aliphatic heterocycles. The summed E-state index contributed by atoms with van der Waals surface area (Å²) < 4.78 is 89.9. The van der Waals surface area contributed by atoms with Crippen LogP contribution in [0.5, 0.6) is 0 Å². The van der Waals surface area contributed by atoms with E-state index in [0.717, 1.165) is 10.7 Å². The molecule has 2 heterocycles. The molecule has 0 radical (unpaired) electrons. The first-order valence-corrected chi connectivity index (χ1v) is 7.17. The molecule has 1 unspecified atom stereocenters. The van der Waals surface area contributed by atoms with E-state index in [0.29, 0.717) is 0 Å². The molecule has 26 heavy (non-hydrogen) atoms. The molecule has 0 saturated carbocycles. The van der Waals surface area contributed by atoms with Gasteiger partial charge >= 0.3 is 6.18 Å². The van der Waals surface area contributed by atoms with Gasteiger partial charge in [-0.25, -0.2) is 17.6 Å². The molecule has 13 heteroatoms. The quantitative estimate of drug-likeness (QED) is 0.785. The number of aromatic nitrogens is 2. The molecule has 1 amide bonds. The Bertz CT molecular complexity index is 716. The van der Waals surface area contributed by atoms with E-state index in [1.165, 1.54) is 6.92 Å². The average Bonchev–Trinajstić information content (AvgIpc) is 3.06. The van der Waals surface area contributed by atoms with E-state index < -0.39 is 61.5 Å². The van der Waals surface area contributed by atoms with E-state index in [9.17, 15) is 40.6 Å². The molecule has 0 spiro atoms. The predicted molar refractivity (Wildman–Crippen MR) is 72.4 cm³/mol. The molecule has 1 aromatic rings. The second-order valence-electron chi connectivity index (χ2n) is 5.60. The lowest BCUT2D eigenvalue weighted by atomic mass is 10.1. The first-order chi connectivity index (χ1) is 11.9. The predicted octanol–water partition coefficient (Wildman–Crippen LogP) is 2.41. The van der Waals surface area contributed by atoms with Crippen molar-refractivity contribution in [1.82, 2.24) is 14.8 Å². The van der Waals surface area contributed by atoms with Crippen LogP contribution in [0.15, 0.2) is 11.2 Å². The number of aryl methyl sites for hydroxylation is 2. The molecule has 0 fully saturated rings. The van der Waals surface area contributed by atoms with Gasteiger partial charge in [-0.05, 0) is 13.0 Å². The standard InChI is InChI=1S/C13H13F7N4O2/c1-6-4-8(13(18,19)20)22-23(6)3-2-9(25)24-12(26,11(16)17)5-7(21-24)10(14)15/h4,10-11,26H,2-3,5H2,1H3. The summed E-state index contributed by atoms with van der Waals surface area (Å²) in [5.41, 5.74) is -5.46. The zero-order chi connectivity index (χ0) is 19.9. The van der Waals surface area contributed by atoms with Gasteiger partial charge in [0.2, 0.25) is 11.6 Å². The van der Waals surface area contributed by atoms with Crippen LogP contribution in [0.2, 0.25) is 0 Å². The molecule has 2 rings (SSSR count). The Labute approximate surface area is 141 Å². The fraction of sp³-hybridized carbons (Fsp3) is 0.615. The van der Waals surface area contributed by atoms with Crippen LogP contribution in [0, 0.1) is 6.92 Å². The van der Waals surface area contributed by atoms with E-state index in [1.54, 1.807) is 0 Å². The first kappa shape index (κ1) is 20.1. The number of halogens is 7. The topological polar surface area (TPSA) is 70.7 Å². The van der Waals surface area contributed by atoms with Gasteiger partial charge in [0.05, 0.1) is 6.54 Å². The van der Waals surface area contributed by atoms with Crippen molar-refractivity contribution in [2.45, 2.75) is 51.1 Å². The monoisotopic (exact) mass is 390 g/mol. The van der Waals surface area contributed by atoms with Crippen molar-refractivity contribution in [1.29, 1.82) is 0 Å². The summed E-state index contributed by atoms with van der Waals surface area (Å²) in [6, 6.07) is 0.725. The van der Waals surface area contributed by atoms with Crippen molar-refractivity contribution in [2.24, 2.45) is 5.10 Å². The fourth-order valence-electron chi connectivity index (χ4n) is 2.34. The largest absolute Gasteiger partial charge is 0.435 e. The van der Waals surface area contributed by atoms with Crippen LogP contribution in [-0.2, 0) is 17.5 Å². The summed E-state index contributed by atoms with van der Waals surface area (Å²) in [5, 5.41) is 16.0. The van der Waals surface area contributed by atoms with Gasteiger partial charge in [0.15, 0.2) is 5.69 Å². The number of hydrogen-bond acceptors (Lipinski definition) is 4. The Hall–Kier alpha value is -2.18. The van der Waals surface area contributed by atoms with Gasteiger partial charge in [0, 0.05) is 18.5 Å². The summed E-state index contributed by atoms with van der Waals surface area (Å²) in [6.45, 7) is 0.835. The maximum atomic E-state index is 13.0. The number of carbonyl (C=O) groups is 1. The number of aliphatic hydroxyl groups is 1. The van der Waals surface area contributed by atoms with E-state index in [1.807, 2.05) is 0 Å². The fourth-order valence-corrected chi connectivity index (χ4v) is 2.34. The highest BCUT2D eigenvalue weighted by Crippen LogP contribution is 2.33. The molecular formula is C13H13F7N4O2. The van der Waals surface area contributed by atoms with Crippen LogP contribution in [0.25, 0.3) is 0 Å². The van der Waals surface area contributed by atoms with Crippen LogP contribution < -0.4 is 0 Å². The average molecular weight is 390 g/mol. The van der Waals surface area contributed by atoms with Crippen molar-refractivity contribution in [2.75, 3.05) is 0 Å². The lowest BCUT2D eigenvalue weighted by molar-refractivity contribution is -0.192. The Morgan fingerprint density at radius 3 is 2.42 bits per heavy atom. The Morgan fingerprint density at radius 1 is 1.35 bits per heavy atom. The summed E-state index contributed by atoms with van der Waals surface area (Å²) in [4.78, 5) is 12.0. The molecule has 1 aliphatic rings. The molecule has 6 nitrogen and oxygen atoms in total. The minimum absolute atomic E-state index is 0.0486. The molecular weight excluding hydrogens is 377 g/mol. The summed E-state index contributed by atoms with van der Waals surface area (Å²) in [7, 11) is 0. The smallest absolute Gasteiger partial charge is 0.364 e. The lowest BCUT2D eigenvalue weighted by Crippen LogP contribution is -2.51. The Kier molecular flexibility index (Phi) is 5.31. The maximum Gasteiger partial charge on any atom is 0.435 e. The zero-order valence-electron chi connectivity index (χ0n) is 13.1. The highest BCUT2D eigenvalue weighted by atomic mass is 19.4. The SMILES string of the molecule is Cc1cc(C(F)(F)F)nn1CCC(=O)N1N=C(C(F)F)CC1(O)C(F)F. The van der Waals surface area contributed by atoms with Crippen LogP contribution in [0.1, 0.15) is 24.2 Å². The van der Waals surface area contributed by atoms with Crippen molar-refractivity contribution < 1.29 is 40.6 Å². The number of nitrogens with zero attached hydrogens (tertiary/aromatic N) is 4. The van der Waals surface area contributed by atoms with Crippen molar-refractivity contribution in [3.63, 3.8) is 0 Å². The van der Waals surface area contributed by atoms with Gasteiger partial charge in [-0.15, -0.1) is 0 Å². The van der Waals surface area contributed by atoms with Gasteiger partial charge in [0.1, 0.15) is 5.71 Å². The number of carbonyl (C=O) groups excluding carboxylic acids is 1. The van der Waals surface area contributed by atoms with Gasteiger partial charge in [0.25, 0.3) is 12.9 Å². The minimum Gasteiger partial charge on any atom is -0.364 e. The second-order valence-corrected chi connectivity index (χ2v) is 5.60. The number of amides is 1. The molecule has 0 aliphatic carbocycles. The first-order valence-electron chi connectivity index (χ1n) is 7.17. The second kappa shape index (κ2) is 6.85. The highest BCUT2D eigenvalue weighted by Gasteiger charge is 2.53. The van der Waals surface area contributed by atoms with E-state index in [-0.39, 0.29) is 10.7 Å². The van der Waals surface area contributed by atoms with E-state index in [4.69, 9.17) is 0 Å². The molecule has 1 N–H and O–H groups in total. The molecule has 146 valence electrons. The molecule has 1 atom stereocenters. The Morgan fingerprint density at radius 2 is 1.96 bits per heavy atom. The summed E-state index contributed by atoms with van der Waals surface area (Å²) in [5.74, 6) is -1.26. The molecule has 1 aromatic heterocycles.